The summed E-state index contributed by atoms with van der Waals surface area (Å²) < 4.78 is 5.32. The van der Waals surface area contributed by atoms with Crippen molar-refractivity contribution >= 4 is 5.91 Å². The molecule has 0 N–H and O–H groups in total. The molecule has 0 aromatic carbocycles. The van der Waals surface area contributed by atoms with E-state index in [1.807, 2.05) is 11.0 Å². The maximum Gasteiger partial charge on any atom is 0.276 e. The Morgan fingerprint density at radius 3 is 2.62 bits per heavy atom. The van der Waals surface area contributed by atoms with Gasteiger partial charge in [-0.15, -0.1) is 0 Å². The number of hydrogen-bond acceptors (Lipinski definition) is 5. The fourth-order valence-electron chi connectivity index (χ4n) is 4.00. The second kappa shape index (κ2) is 6.84. The van der Waals surface area contributed by atoms with Crippen LogP contribution in [0.25, 0.3) is 0 Å². The number of aromatic nitrogens is 1. The third kappa shape index (κ3) is 3.49. The molecule has 1 aromatic rings. The lowest BCUT2D eigenvalue weighted by Gasteiger charge is -2.52. The molecular formula is C18H30N4O2. The molecule has 2 fully saturated rings. The van der Waals surface area contributed by atoms with Crippen molar-refractivity contribution in [2.24, 2.45) is 5.92 Å². The number of nitrogens with zero attached hydrogens (tertiary/aromatic N) is 4. The summed E-state index contributed by atoms with van der Waals surface area (Å²) >= 11 is 0. The molecule has 0 unspecified atom stereocenters. The fourth-order valence-corrected chi connectivity index (χ4v) is 4.00. The van der Waals surface area contributed by atoms with E-state index < -0.39 is 0 Å². The summed E-state index contributed by atoms with van der Waals surface area (Å²) in [6.07, 6.45) is 2.87. The monoisotopic (exact) mass is 334 g/mol. The summed E-state index contributed by atoms with van der Waals surface area (Å²) in [5.41, 5.74) is 0.673. The average molecular weight is 334 g/mol. The van der Waals surface area contributed by atoms with Gasteiger partial charge in [0.15, 0.2) is 5.69 Å². The van der Waals surface area contributed by atoms with Crippen LogP contribution in [0.3, 0.4) is 0 Å². The Hall–Kier alpha value is -1.40. The fraction of sp³-hybridized carbons (Fsp3) is 0.778. The third-order valence-electron chi connectivity index (χ3n) is 5.56. The smallest absolute Gasteiger partial charge is 0.276 e. The number of hydrogen-bond donors (Lipinski definition) is 0. The molecule has 0 atom stereocenters. The minimum Gasteiger partial charge on any atom is -0.361 e. The van der Waals surface area contributed by atoms with Gasteiger partial charge in [-0.3, -0.25) is 9.69 Å². The Kier molecular flexibility index (Phi) is 4.97. The SMILES string of the molecule is CC(C)Cc1cc(C(=O)N2CCC3(CC2)CN(C)CCN3C)no1. The van der Waals surface area contributed by atoms with Crippen LogP contribution < -0.4 is 0 Å². The molecule has 0 bridgehead atoms. The van der Waals surface area contributed by atoms with E-state index in [2.05, 4.69) is 42.9 Å². The van der Waals surface area contributed by atoms with Crippen molar-refractivity contribution in [1.82, 2.24) is 19.9 Å². The number of carbonyl (C=O) groups excluding carboxylic acids is 1. The maximum absolute atomic E-state index is 12.7. The van der Waals surface area contributed by atoms with Crippen LogP contribution in [-0.4, -0.2) is 78.1 Å². The first-order valence-electron chi connectivity index (χ1n) is 9.04. The molecule has 3 rings (SSSR count). The van der Waals surface area contributed by atoms with Crippen molar-refractivity contribution < 1.29 is 9.32 Å². The van der Waals surface area contributed by atoms with Crippen molar-refractivity contribution in [3.05, 3.63) is 17.5 Å². The van der Waals surface area contributed by atoms with Crippen LogP contribution in [0.4, 0.5) is 0 Å². The van der Waals surface area contributed by atoms with Crippen LogP contribution in [0.2, 0.25) is 0 Å². The van der Waals surface area contributed by atoms with E-state index >= 15 is 0 Å². The van der Waals surface area contributed by atoms with Gasteiger partial charge in [-0.1, -0.05) is 19.0 Å². The van der Waals surface area contributed by atoms with Gasteiger partial charge in [0.1, 0.15) is 5.76 Å². The lowest BCUT2D eigenvalue weighted by molar-refractivity contribution is -0.0159. The Morgan fingerprint density at radius 1 is 1.25 bits per heavy atom. The van der Waals surface area contributed by atoms with Gasteiger partial charge in [-0.05, 0) is 32.9 Å². The minimum absolute atomic E-state index is 0.00965. The zero-order valence-corrected chi connectivity index (χ0v) is 15.4. The molecule has 3 heterocycles. The quantitative estimate of drug-likeness (QED) is 0.842. The second-order valence-corrected chi connectivity index (χ2v) is 7.95. The summed E-state index contributed by atoms with van der Waals surface area (Å²) in [7, 11) is 4.41. The van der Waals surface area contributed by atoms with E-state index in [1.54, 1.807) is 0 Å². The van der Waals surface area contributed by atoms with Gasteiger partial charge in [0.05, 0.1) is 0 Å². The van der Waals surface area contributed by atoms with Gasteiger partial charge < -0.3 is 14.3 Å². The molecular weight excluding hydrogens is 304 g/mol. The number of likely N-dealkylation sites (tertiary alicyclic amines) is 1. The van der Waals surface area contributed by atoms with Crippen LogP contribution in [0.15, 0.2) is 10.6 Å². The molecule has 1 spiro atoms. The maximum atomic E-state index is 12.7. The highest BCUT2D eigenvalue weighted by Crippen LogP contribution is 2.31. The highest BCUT2D eigenvalue weighted by molar-refractivity contribution is 5.92. The first-order valence-corrected chi connectivity index (χ1v) is 9.04. The Balaban J connectivity index is 1.61. The van der Waals surface area contributed by atoms with Crippen molar-refractivity contribution in [3.63, 3.8) is 0 Å². The summed E-state index contributed by atoms with van der Waals surface area (Å²) in [4.78, 5) is 19.5. The van der Waals surface area contributed by atoms with Gasteiger partial charge in [0.25, 0.3) is 5.91 Å². The third-order valence-corrected chi connectivity index (χ3v) is 5.56. The lowest BCUT2D eigenvalue weighted by atomic mass is 9.84. The highest BCUT2D eigenvalue weighted by atomic mass is 16.5. The summed E-state index contributed by atoms with van der Waals surface area (Å²) in [6, 6.07) is 1.81. The van der Waals surface area contributed by atoms with Crippen molar-refractivity contribution in [2.75, 3.05) is 46.8 Å². The lowest BCUT2D eigenvalue weighted by Crippen LogP contribution is -2.64. The topological polar surface area (TPSA) is 52.8 Å². The normalized spacial score (nSPS) is 22.5. The largest absolute Gasteiger partial charge is 0.361 e. The Bertz CT molecular complexity index is 575. The van der Waals surface area contributed by atoms with E-state index in [-0.39, 0.29) is 11.4 Å². The highest BCUT2D eigenvalue weighted by Gasteiger charge is 2.42. The first kappa shape index (κ1) is 17.4. The zero-order chi connectivity index (χ0) is 17.3. The molecule has 2 aliphatic rings. The predicted molar refractivity (Wildman–Crippen MR) is 93.0 cm³/mol. The number of amides is 1. The number of rotatable bonds is 3. The Labute approximate surface area is 144 Å². The minimum atomic E-state index is 0.00965. The molecule has 2 aliphatic heterocycles. The van der Waals surface area contributed by atoms with Crippen LogP contribution >= 0.6 is 0 Å². The molecule has 2 saturated heterocycles. The molecule has 1 amide bonds. The molecule has 24 heavy (non-hydrogen) atoms. The van der Waals surface area contributed by atoms with E-state index in [4.69, 9.17) is 4.52 Å². The van der Waals surface area contributed by atoms with Crippen molar-refractivity contribution in [3.8, 4) is 0 Å². The summed E-state index contributed by atoms with van der Waals surface area (Å²) in [6.45, 7) is 9.17. The van der Waals surface area contributed by atoms with Crippen LogP contribution in [0.5, 0.6) is 0 Å². The van der Waals surface area contributed by atoms with Gasteiger partial charge in [-0.25, -0.2) is 0 Å². The van der Waals surface area contributed by atoms with Gasteiger partial charge in [-0.2, -0.15) is 0 Å². The van der Waals surface area contributed by atoms with Gasteiger partial charge >= 0.3 is 0 Å². The number of carbonyl (C=O) groups is 1. The van der Waals surface area contributed by atoms with Gasteiger partial charge in [0, 0.05) is 50.7 Å². The molecule has 6 heteroatoms. The van der Waals surface area contributed by atoms with Crippen LogP contribution in [0, 0.1) is 5.92 Å². The first-order chi connectivity index (χ1) is 11.4. The van der Waals surface area contributed by atoms with Gasteiger partial charge in [0.2, 0.25) is 0 Å². The average Bonchev–Trinajstić information content (AvgIpc) is 2.99. The van der Waals surface area contributed by atoms with Crippen molar-refractivity contribution in [2.45, 2.75) is 38.6 Å². The number of likely N-dealkylation sites (N-methyl/N-ethyl adjacent to an activating group) is 2. The predicted octanol–water partition coefficient (Wildman–Crippen LogP) is 1.73. The standard InChI is InChI=1S/C18H30N4O2/c1-14(2)11-15-12-16(19-24-15)17(23)22-7-5-18(6-8-22)13-20(3)9-10-21(18)4/h12,14H,5-11,13H2,1-4H3. The van der Waals surface area contributed by atoms with E-state index in [1.165, 1.54) is 0 Å². The number of piperidine rings is 1. The summed E-state index contributed by atoms with van der Waals surface area (Å²) in [5, 5.41) is 3.99. The molecule has 0 saturated carbocycles. The van der Waals surface area contributed by atoms with Crippen LogP contribution in [-0.2, 0) is 6.42 Å². The molecule has 0 radical (unpaired) electrons. The zero-order valence-electron chi connectivity index (χ0n) is 15.4. The van der Waals surface area contributed by atoms with Crippen molar-refractivity contribution in [1.29, 1.82) is 0 Å². The molecule has 1 aromatic heterocycles. The molecule has 134 valence electrons. The molecule has 6 nitrogen and oxygen atoms in total. The molecule has 0 aliphatic carbocycles. The van der Waals surface area contributed by atoms with E-state index in [9.17, 15) is 4.79 Å². The van der Waals surface area contributed by atoms with E-state index in [0.717, 1.165) is 57.7 Å². The van der Waals surface area contributed by atoms with E-state index in [0.29, 0.717) is 11.6 Å². The number of piperazine rings is 1. The second-order valence-electron chi connectivity index (χ2n) is 7.95. The summed E-state index contributed by atoms with van der Waals surface area (Å²) in [5.74, 6) is 1.31. The van der Waals surface area contributed by atoms with Crippen LogP contribution in [0.1, 0.15) is 42.9 Å². The Morgan fingerprint density at radius 2 is 1.96 bits per heavy atom.